The van der Waals surface area contributed by atoms with E-state index in [1.165, 1.54) is 6.26 Å². The molecule has 132 valence electrons. The van der Waals surface area contributed by atoms with E-state index in [2.05, 4.69) is 11.9 Å². The number of anilines is 2. The van der Waals surface area contributed by atoms with Crippen molar-refractivity contribution in [1.82, 2.24) is 4.90 Å². The van der Waals surface area contributed by atoms with Crippen molar-refractivity contribution in [1.29, 1.82) is 0 Å². The number of nitrogens with zero attached hydrogens (tertiary/aromatic N) is 2. The van der Waals surface area contributed by atoms with Gasteiger partial charge < -0.3 is 19.9 Å². The van der Waals surface area contributed by atoms with E-state index in [0.29, 0.717) is 19.7 Å². The fourth-order valence-corrected chi connectivity index (χ4v) is 2.34. The normalized spacial score (nSPS) is 10.0. The van der Waals surface area contributed by atoms with Crippen LogP contribution >= 0.6 is 0 Å². The van der Waals surface area contributed by atoms with Gasteiger partial charge in [-0.2, -0.15) is 0 Å². The Bertz CT molecular complexity index is 669. The Hall–Kier alpha value is -2.95. The summed E-state index contributed by atoms with van der Waals surface area (Å²) in [6.45, 7) is 4.92. The first-order valence-electron chi connectivity index (χ1n) is 8.20. The molecule has 2 aromatic rings. The Morgan fingerprint density at radius 2 is 1.80 bits per heavy atom. The van der Waals surface area contributed by atoms with Crippen LogP contribution in [-0.2, 0) is 11.3 Å². The molecule has 0 unspecified atom stereocenters. The molecule has 0 fully saturated rings. The summed E-state index contributed by atoms with van der Waals surface area (Å²) in [5.41, 5.74) is 2.96. The predicted molar refractivity (Wildman–Crippen MR) is 103 cm³/mol. The van der Waals surface area contributed by atoms with Gasteiger partial charge in [-0.05, 0) is 29.8 Å². The number of carbonyl (C=O) groups is 1. The predicted octanol–water partition coefficient (Wildman–Crippen LogP) is 3.95. The van der Waals surface area contributed by atoms with Gasteiger partial charge in [0.05, 0.1) is 12.8 Å². The molecule has 0 atom stereocenters. The number of carbonyl (C=O) groups excluding carboxylic acids is 1. The molecular weight excluding hydrogens is 314 g/mol. The second-order valence-corrected chi connectivity index (χ2v) is 5.82. The molecule has 0 aliphatic rings. The fourth-order valence-electron chi connectivity index (χ4n) is 2.34. The highest BCUT2D eigenvalue weighted by atomic mass is 16.5. The van der Waals surface area contributed by atoms with Crippen LogP contribution in [0.25, 0.3) is 0 Å². The van der Waals surface area contributed by atoms with E-state index in [1.54, 1.807) is 4.90 Å². The number of rotatable bonds is 8. The zero-order valence-corrected chi connectivity index (χ0v) is 14.8. The van der Waals surface area contributed by atoms with Crippen LogP contribution in [0.2, 0.25) is 0 Å². The summed E-state index contributed by atoms with van der Waals surface area (Å²) >= 11 is 0. The first kappa shape index (κ1) is 18.4. The number of hydrogen-bond acceptors (Lipinski definition) is 3. The maximum Gasteiger partial charge on any atom is 0.322 e. The van der Waals surface area contributed by atoms with Crippen molar-refractivity contribution in [2.24, 2.45) is 0 Å². The summed E-state index contributed by atoms with van der Waals surface area (Å²) in [7, 11) is 4.00. The summed E-state index contributed by atoms with van der Waals surface area (Å²) in [4.78, 5) is 16.4. The molecule has 1 N–H and O–H groups in total. The van der Waals surface area contributed by atoms with Crippen molar-refractivity contribution < 1.29 is 9.53 Å². The van der Waals surface area contributed by atoms with Gasteiger partial charge in [0, 0.05) is 32.0 Å². The summed E-state index contributed by atoms with van der Waals surface area (Å²) < 4.78 is 5.19. The van der Waals surface area contributed by atoms with Gasteiger partial charge in [-0.15, -0.1) is 0 Å². The van der Waals surface area contributed by atoms with E-state index in [4.69, 9.17) is 4.74 Å². The molecular formula is C20H25N3O2. The van der Waals surface area contributed by atoms with Crippen LogP contribution in [0.3, 0.4) is 0 Å². The monoisotopic (exact) mass is 339 g/mol. The first-order valence-corrected chi connectivity index (χ1v) is 8.20. The molecule has 25 heavy (non-hydrogen) atoms. The molecule has 0 spiro atoms. The lowest BCUT2D eigenvalue weighted by Gasteiger charge is -2.23. The van der Waals surface area contributed by atoms with Crippen LogP contribution in [0.4, 0.5) is 16.2 Å². The van der Waals surface area contributed by atoms with Crippen LogP contribution < -0.4 is 10.2 Å². The molecule has 5 nitrogen and oxygen atoms in total. The molecule has 2 rings (SSSR count). The Kier molecular flexibility index (Phi) is 6.89. The highest BCUT2D eigenvalue weighted by Crippen LogP contribution is 2.15. The van der Waals surface area contributed by atoms with Crippen LogP contribution in [0.5, 0.6) is 0 Å². The van der Waals surface area contributed by atoms with Crippen molar-refractivity contribution in [3.63, 3.8) is 0 Å². The van der Waals surface area contributed by atoms with Gasteiger partial charge in [-0.25, -0.2) is 4.79 Å². The number of nitrogens with one attached hydrogen (secondary N) is 1. The lowest BCUT2D eigenvalue weighted by Crippen LogP contribution is -2.36. The topological polar surface area (TPSA) is 44.8 Å². The van der Waals surface area contributed by atoms with E-state index < -0.39 is 0 Å². The van der Waals surface area contributed by atoms with Gasteiger partial charge in [-0.1, -0.05) is 36.9 Å². The molecule has 0 saturated heterocycles. The van der Waals surface area contributed by atoms with Crippen molar-refractivity contribution >= 4 is 17.4 Å². The van der Waals surface area contributed by atoms with Crippen molar-refractivity contribution in [2.45, 2.75) is 6.54 Å². The average Bonchev–Trinajstić information content (AvgIpc) is 2.62. The molecule has 0 saturated carbocycles. The number of para-hydroxylation sites is 1. The Morgan fingerprint density at radius 1 is 1.12 bits per heavy atom. The Balaban J connectivity index is 2.05. The summed E-state index contributed by atoms with van der Waals surface area (Å²) in [5, 5.41) is 2.92. The SMILES string of the molecule is C=COCCN(Cc1ccc(N(C)C)cc1)C(=O)Nc1ccccc1. The van der Waals surface area contributed by atoms with Crippen molar-refractivity contribution in [2.75, 3.05) is 37.5 Å². The maximum absolute atomic E-state index is 12.6. The fraction of sp³-hybridized carbons (Fsp3) is 0.250. The summed E-state index contributed by atoms with van der Waals surface area (Å²) in [6.07, 6.45) is 1.39. The molecule has 2 amide bonds. The first-order chi connectivity index (χ1) is 12.1. The molecule has 0 aliphatic heterocycles. The number of benzene rings is 2. The van der Waals surface area contributed by atoms with E-state index >= 15 is 0 Å². The van der Waals surface area contributed by atoms with Gasteiger partial charge in [0.15, 0.2) is 0 Å². The average molecular weight is 339 g/mol. The Labute approximate surface area is 149 Å². The zero-order valence-electron chi connectivity index (χ0n) is 14.8. The second-order valence-electron chi connectivity index (χ2n) is 5.82. The number of urea groups is 1. The van der Waals surface area contributed by atoms with Crippen molar-refractivity contribution in [3.05, 3.63) is 73.0 Å². The van der Waals surface area contributed by atoms with E-state index in [-0.39, 0.29) is 6.03 Å². The van der Waals surface area contributed by atoms with Gasteiger partial charge in [0.2, 0.25) is 0 Å². The van der Waals surface area contributed by atoms with Gasteiger partial charge in [0.1, 0.15) is 6.61 Å². The van der Waals surface area contributed by atoms with Gasteiger partial charge in [0.25, 0.3) is 0 Å². The molecule has 0 aliphatic carbocycles. The van der Waals surface area contributed by atoms with Crippen LogP contribution in [-0.4, -0.2) is 38.2 Å². The highest BCUT2D eigenvalue weighted by Gasteiger charge is 2.14. The van der Waals surface area contributed by atoms with Crippen molar-refractivity contribution in [3.8, 4) is 0 Å². The smallest absolute Gasteiger partial charge is 0.322 e. The third kappa shape index (κ3) is 5.88. The van der Waals surface area contributed by atoms with E-state index in [0.717, 1.165) is 16.9 Å². The van der Waals surface area contributed by atoms with E-state index in [9.17, 15) is 4.79 Å². The molecule has 0 aromatic heterocycles. The second kappa shape index (κ2) is 9.37. The lowest BCUT2D eigenvalue weighted by atomic mass is 10.2. The minimum Gasteiger partial charge on any atom is -0.500 e. The molecule has 0 radical (unpaired) electrons. The minimum absolute atomic E-state index is 0.157. The third-order valence-corrected chi connectivity index (χ3v) is 3.74. The molecule has 0 bridgehead atoms. The van der Waals surface area contributed by atoms with Crippen LogP contribution in [0.15, 0.2) is 67.4 Å². The zero-order chi connectivity index (χ0) is 18.1. The minimum atomic E-state index is -0.157. The number of amides is 2. The largest absolute Gasteiger partial charge is 0.500 e. The Morgan fingerprint density at radius 3 is 2.40 bits per heavy atom. The standard InChI is InChI=1S/C20H25N3O2/c1-4-25-15-14-23(20(24)21-18-8-6-5-7-9-18)16-17-10-12-19(13-11-17)22(2)3/h4-13H,1,14-16H2,2-3H3,(H,21,24). The van der Waals surface area contributed by atoms with Crippen LogP contribution in [0, 0.1) is 0 Å². The summed E-state index contributed by atoms with van der Waals surface area (Å²) in [6, 6.07) is 17.4. The quantitative estimate of drug-likeness (QED) is 0.585. The molecule has 2 aromatic carbocycles. The highest BCUT2D eigenvalue weighted by molar-refractivity contribution is 5.89. The number of ether oxygens (including phenoxy) is 1. The summed E-state index contributed by atoms with van der Waals surface area (Å²) in [5.74, 6) is 0. The van der Waals surface area contributed by atoms with Gasteiger partial charge >= 0.3 is 6.03 Å². The lowest BCUT2D eigenvalue weighted by molar-refractivity contribution is 0.175. The maximum atomic E-state index is 12.6. The van der Waals surface area contributed by atoms with Crippen LogP contribution in [0.1, 0.15) is 5.56 Å². The number of hydrogen-bond donors (Lipinski definition) is 1. The van der Waals surface area contributed by atoms with E-state index in [1.807, 2.05) is 73.6 Å². The third-order valence-electron chi connectivity index (χ3n) is 3.74. The van der Waals surface area contributed by atoms with Gasteiger partial charge in [-0.3, -0.25) is 0 Å². The molecule has 0 heterocycles. The molecule has 5 heteroatoms.